The molecule has 1 aliphatic heterocycles. The van der Waals surface area contributed by atoms with Crippen LogP contribution in [0.5, 0.6) is 11.5 Å². The summed E-state index contributed by atoms with van der Waals surface area (Å²) in [6.07, 6.45) is 0. The van der Waals surface area contributed by atoms with Gasteiger partial charge < -0.3 is 19.5 Å². The van der Waals surface area contributed by atoms with Gasteiger partial charge in [-0.1, -0.05) is 11.6 Å². The molecule has 0 atom stereocenters. The molecule has 2 aromatic carbocycles. The molecule has 9 heteroatoms. The van der Waals surface area contributed by atoms with Crippen molar-refractivity contribution in [2.24, 2.45) is 0 Å². The Balaban J connectivity index is 1.88. The van der Waals surface area contributed by atoms with Crippen LogP contribution in [-0.4, -0.2) is 38.6 Å². The Kier molecular flexibility index (Phi) is 6.27. The highest BCUT2D eigenvalue weighted by atomic mass is 35.5. The second-order valence-corrected chi connectivity index (χ2v) is 6.47. The predicted octanol–water partition coefficient (Wildman–Crippen LogP) is 3.32. The Morgan fingerprint density at radius 1 is 1.03 bits per heavy atom. The molecule has 1 aliphatic rings. The highest BCUT2D eigenvalue weighted by Crippen LogP contribution is 2.34. The van der Waals surface area contributed by atoms with Gasteiger partial charge in [0.1, 0.15) is 22.2 Å². The third-order valence-electron chi connectivity index (χ3n) is 4.33. The van der Waals surface area contributed by atoms with Gasteiger partial charge in [-0.2, -0.15) is 0 Å². The van der Waals surface area contributed by atoms with Crippen LogP contribution in [0.1, 0.15) is 17.3 Å². The summed E-state index contributed by atoms with van der Waals surface area (Å²) in [7, 11) is 2.98. The van der Waals surface area contributed by atoms with E-state index in [4.69, 9.17) is 25.8 Å². The maximum atomic E-state index is 12.9. The molecule has 0 bridgehead atoms. The van der Waals surface area contributed by atoms with E-state index in [9.17, 15) is 14.4 Å². The molecule has 2 aromatic rings. The average Bonchev–Trinajstić information content (AvgIpc) is 2.97. The number of halogens is 1. The Morgan fingerprint density at radius 3 is 2.33 bits per heavy atom. The van der Waals surface area contributed by atoms with E-state index in [1.54, 1.807) is 25.1 Å². The molecule has 0 spiro atoms. The molecule has 2 amide bonds. The first-order valence-corrected chi connectivity index (χ1v) is 9.33. The topological polar surface area (TPSA) is 94.2 Å². The first-order chi connectivity index (χ1) is 14.4. The maximum absolute atomic E-state index is 12.9. The number of nitrogens with zero attached hydrogens (tertiary/aromatic N) is 1. The van der Waals surface area contributed by atoms with Crippen LogP contribution in [0.25, 0.3) is 0 Å². The highest BCUT2D eigenvalue weighted by Gasteiger charge is 2.39. The molecule has 0 radical (unpaired) electrons. The van der Waals surface area contributed by atoms with Crippen LogP contribution in [0.4, 0.5) is 11.4 Å². The lowest BCUT2D eigenvalue weighted by Crippen LogP contribution is -2.32. The number of methoxy groups -OCH3 is 2. The van der Waals surface area contributed by atoms with Crippen LogP contribution < -0.4 is 19.7 Å². The van der Waals surface area contributed by atoms with Crippen molar-refractivity contribution in [3.63, 3.8) is 0 Å². The fourth-order valence-corrected chi connectivity index (χ4v) is 3.07. The number of nitrogens with one attached hydrogen (secondary N) is 1. The Labute approximate surface area is 178 Å². The monoisotopic (exact) mass is 430 g/mol. The number of hydrogen-bond donors (Lipinski definition) is 1. The summed E-state index contributed by atoms with van der Waals surface area (Å²) >= 11 is 6.17. The predicted molar refractivity (Wildman–Crippen MR) is 111 cm³/mol. The first-order valence-electron chi connectivity index (χ1n) is 8.96. The highest BCUT2D eigenvalue weighted by molar-refractivity contribution is 6.53. The minimum Gasteiger partial charge on any atom is -0.497 e. The Bertz CT molecular complexity index is 1030. The van der Waals surface area contributed by atoms with Gasteiger partial charge in [-0.25, -0.2) is 9.69 Å². The number of esters is 1. The van der Waals surface area contributed by atoms with Gasteiger partial charge in [0.25, 0.3) is 11.8 Å². The molecular formula is C21H19ClN2O6. The van der Waals surface area contributed by atoms with Crippen molar-refractivity contribution in [2.75, 3.05) is 31.0 Å². The summed E-state index contributed by atoms with van der Waals surface area (Å²) < 4.78 is 15.4. The molecular weight excluding hydrogens is 412 g/mol. The van der Waals surface area contributed by atoms with Crippen LogP contribution in [0.2, 0.25) is 0 Å². The molecule has 156 valence electrons. The Morgan fingerprint density at radius 2 is 1.73 bits per heavy atom. The minimum absolute atomic E-state index is 0.0947. The van der Waals surface area contributed by atoms with Crippen molar-refractivity contribution in [3.05, 3.63) is 58.8 Å². The van der Waals surface area contributed by atoms with Crippen molar-refractivity contribution >= 4 is 40.8 Å². The van der Waals surface area contributed by atoms with Gasteiger partial charge in [-0.15, -0.1) is 0 Å². The molecule has 3 rings (SSSR count). The van der Waals surface area contributed by atoms with Crippen LogP contribution in [0.3, 0.4) is 0 Å². The van der Waals surface area contributed by atoms with Crippen molar-refractivity contribution in [1.82, 2.24) is 0 Å². The normalized spacial score (nSPS) is 13.5. The lowest BCUT2D eigenvalue weighted by molar-refractivity contribution is -0.120. The quantitative estimate of drug-likeness (QED) is 0.532. The largest absolute Gasteiger partial charge is 0.497 e. The van der Waals surface area contributed by atoms with E-state index in [2.05, 4.69) is 5.32 Å². The molecule has 0 aliphatic carbocycles. The lowest BCUT2D eigenvalue weighted by atomic mass is 10.2. The fraction of sp³-hybridized carbons (Fsp3) is 0.190. The zero-order valence-corrected chi connectivity index (χ0v) is 17.3. The third-order valence-corrected chi connectivity index (χ3v) is 4.68. The van der Waals surface area contributed by atoms with Crippen LogP contribution in [-0.2, 0) is 14.3 Å². The van der Waals surface area contributed by atoms with Gasteiger partial charge in [-0.05, 0) is 43.3 Å². The summed E-state index contributed by atoms with van der Waals surface area (Å²) in [6, 6.07) is 10.9. The summed E-state index contributed by atoms with van der Waals surface area (Å²) in [5.41, 5.74) is 0.886. The van der Waals surface area contributed by atoms with Crippen LogP contribution >= 0.6 is 11.6 Å². The second kappa shape index (κ2) is 8.87. The molecule has 1 heterocycles. The summed E-state index contributed by atoms with van der Waals surface area (Å²) in [5, 5.41) is 2.60. The SMILES string of the molecule is CCOC(=O)c1ccc(N2C(=O)C(Cl)=C(Nc3cc(OC)ccc3OC)C2=O)cc1. The van der Waals surface area contributed by atoms with Gasteiger partial charge in [-0.3, -0.25) is 9.59 Å². The third kappa shape index (κ3) is 3.95. The maximum Gasteiger partial charge on any atom is 0.338 e. The molecule has 0 unspecified atom stereocenters. The number of benzene rings is 2. The zero-order valence-electron chi connectivity index (χ0n) is 16.5. The number of rotatable bonds is 7. The van der Waals surface area contributed by atoms with E-state index in [-0.39, 0.29) is 23.0 Å². The van der Waals surface area contributed by atoms with Gasteiger partial charge in [0, 0.05) is 6.07 Å². The number of amides is 2. The molecule has 0 aromatic heterocycles. The van der Waals surface area contributed by atoms with Gasteiger partial charge in [0.05, 0.1) is 37.8 Å². The summed E-state index contributed by atoms with van der Waals surface area (Å²) in [5.74, 6) is -0.858. The average molecular weight is 431 g/mol. The summed E-state index contributed by atoms with van der Waals surface area (Å²) in [6.45, 7) is 1.94. The smallest absolute Gasteiger partial charge is 0.338 e. The van der Waals surface area contributed by atoms with Gasteiger partial charge in [0.2, 0.25) is 0 Å². The van der Waals surface area contributed by atoms with Crippen LogP contribution in [0.15, 0.2) is 53.2 Å². The number of hydrogen-bond acceptors (Lipinski definition) is 7. The second-order valence-electron chi connectivity index (χ2n) is 6.09. The van der Waals surface area contributed by atoms with E-state index in [0.29, 0.717) is 22.7 Å². The molecule has 0 saturated heterocycles. The molecule has 0 fully saturated rings. The van der Waals surface area contributed by atoms with Gasteiger partial charge in [0.15, 0.2) is 0 Å². The molecule has 30 heavy (non-hydrogen) atoms. The number of ether oxygens (including phenoxy) is 3. The van der Waals surface area contributed by atoms with E-state index >= 15 is 0 Å². The van der Waals surface area contributed by atoms with Gasteiger partial charge >= 0.3 is 5.97 Å². The van der Waals surface area contributed by atoms with Crippen LogP contribution in [0, 0.1) is 0 Å². The van der Waals surface area contributed by atoms with Crippen molar-refractivity contribution in [2.45, 2.75) is 6.92 Å². The molecule has 8 nitrogen and oxygen atoms in total. The number of carbonyl (C=O) groups is 3. The Hall–Kier alpha value is -3.52. The number of imide groups is 1. The lowest BCUT2D eigenvalue weighted by Gasteiger charge is -2.16. The van der Waals surface area contributed by atoms with Crippen molar-refractivity contribution in [1.29, 1.82) is 0 Å². The van der Waals surface area contributed by atoms with E-state index in [0.717, 1.165) is 4.90 Å². The fourth-order valence-electron chi connectivity index (χ4n) is 2.85. The van der Waals surface area contributed by atoms with E-state index < -0.39 is 17.8 Å². The van der Waals surface area contributed by atoms with Crippen molar-refractivity contribution < 1.29 is 28.6 Å². The van der Waals surface area contributed by atoms with E-state index in [1.165, 1.54) is 38.5 Å². The first kappa shape index (κ1) is 21.2. The van der Waals surface area contributed by atoms with E-state index in [1.807, 2.05) is 0 Å². The zero-order chi connectivity index (χ0) is 21.8. The standard InChI is InChI=1S/C21H19ClN2O6/c1-4-30-21(27)12-5-7-13(8-6-12)24-19(25)17(22)18(20(24)26)23-15-11-14(28-2)9-10-16(15)29-3/h5-11,23H,4H2,1-3H3. The summed E-state index contributed by atoms with van der Waals surface area (Å²) in [4.78, 5) is 38.3. The van der Waals surface area contributed by atoms with Crippen molar-refractivity contribution in [3.8, 4) is 11.5 Å². The minimum atomic E-state index is -0.685. The number of anilines is 2. The molecule has 1 N–H and O–H groups in total. The number of carbonyl (C=O) groups excluding carboxylic acids is 3. The molecule has 0 saturated carbocycles.